The van der Waals surface area contributed by atoms with Crippen molar-refractivity contribution in [2.45, 2.75) is 26.4 Å². The number of hydrogen-bond donors (Lipinski definition) is 1. The van der Waals surface area contributed by atoms with Crippen LogP contribution >= 0.6 is 0 Å². The van der Waals surface area contributed by atoms with Crippen LogP contribution < -0.4 is 4.74 Å². The Bertz CT molecular complexity index is 329. The van der Waals surface area contributed by atoms with Crippen LogP contribution in [0.4, 0.5) is 0 Å². The van der Waals surface area contributed by atoms with Crippen molar-refractivity contribution in [2.24, 2.45) is 0 Å². The van der Waals surface area contributed by atoms with Gasteiger partial charge < -0.3 is 9.84 Å². The van der Waals surface area contributed by atoms with Crippen molar-refractivity contribution in [2.75, 3.05) is 6.61 Å². The molecular weight excluding hydrogens is 188 g/mol. The van der Waals surface area contributed by atoms with Crippen molar-refractivity contribution in [1.29, 1.82) is 0 Å². The zero-order chi connectivity index (χ0) is 11.3. The van der Waals surface area contributed by atoms with Crippen LogP contribution in [0.3, 0.4) is 0 Å². The number of aliphatic hydroxyl groups excluding tert-OH is 1. The SMILES string of the molecule is C=CCCOc1cc(C)ccc1[C@@H](C)O. The molecule has 2 nitrogen and oxygen atoms in total. The van der Waals surface area contributed by atoms with Gasteiger partial charge in [0.1, 0.15) is 5.75 Å². The lowest BCUT2D eigenvalue weighted by Gasteiger charge is -2.13. The summed E-state index contributed by atoms with van der Waals surface area (Å²) >= 11 is 0. The van der Waals surface area contributed by atoms with E-state index in [2.05, 4.69) is 6.58 Å². The van der Waals surface area contributed by atoms with Gasteiger partial charge in [-0.15, -0.1) is 6.58 Å². The number of hydrogen-bond acceptors (Lipinski definition) is 2. The van der Waals surface area contributed by atoms with Gasteiger partial charge in [0.2, 0.25) is 0 Å². The molecular formula is C13H18O2. The van der Waals surface area contributed by atoms with Crippen LogP contribution in [0.25, 0.3) is 0 Å². The molecule has 1 aromatic rings. The summed E-state index contributed by atoms with van der Waals surface area (Å²) in [6.07, 6.45) is 2.13. The highest BCUT2D eigenvalue weighted by molar-refractivity contribution is 5.38. The van der Waals surface area contributed by atoms with E-state index in [9.17, 15) is 5.11 Å². The maximum Gasteiger partial charge on any atom is 0.125 e. The third-order valence-corrected chi connectivity index (χ3v) is 2.20. The molecule has 0 spiro atoms. The summed E-state index contributed by atoms with van der Waals surface area (Å²) in [7, 11) is 0. The molecule has 0 heterocycles. The largest absolute Gasteiger partial charge is 0.493 e. The van der Waals surface area contributed by atoms with Crippen LogP contribution in [0.2, 0.25) is 0 Å². The van der Waals surface area contributed by atoms with Crippen molar-refractivity contribution in [3.05, 3.63) is 42.0 Å². The Hall–Kier alpha value is -1.28. The standard InChI is InChI=1S/C13H18O2/c1-4-5-8-15-13-9-10(2)6-7-12(13)11(3)14/h4,6-7,9,11,14H,1,5,8H2,2-3H3/t11-/m1/s1. The third kappa shape index (κ3) is 3.40. The molecule has 0 fully saturated rings. The van der Waals surface area contributed by atoms with Gasteiger partial charge in [0.05, 0.1) is 12.7 Å². The van der Waals surface area contributed by atoms with Crippen LogP contribution in [0.15, 0.2) is 30.9 Å². The molecule has 1 atom stereocenters. The Morgan fingerprint density at radius 1 is 1.53 bits per heavy atom. The molecule has 0 saturated carbocycles. The first-order chi connectivity index (χ1) is 7.15. The summed E-state index contributed by atoms with van der Waals surface area (Å²) < 4.78 is 5.59. The van der Waals surface area contributed by atoms with Gasteiger partial charge in [-0.1, -0.05) is 18.2 Å². The fourth-order valence-electron chi connectivity index (χ4n) is 1.36. The van der Waals surface area contributed by atoms with E-state index in [1.807, 2.05) is 31.2 Å². The lowest BCUT2D eigenvalue weighted by atomic mass is 10.1. The lowest BCUT2D eigenvalue weighted by molar-refractivity contribution is 0.191. The number of rotatable bonds is 5. The number of aryl methyl sites for hydroxylation is 1. The van der Waals surface area contributed by atoms with E-state index in [4.69, 9.17) is 4.74 Å². The van der Waals surface area contributed by atoms with Crippen LogP contribution in [0.1, 0.15) is 30.6 Å². The molecule has 15 heavy (non-hydrogen) atoms. The fourth-order valence-corrected chi connectivity index (χ4v) is 1.36. The highest BCUT2D eigenvalue weighted by Crippen LogP contribution is 2.26. The lowest BCUT2D eigenvalue weighted by Crippen LogP contribution is -2.01. The molecule has 2 heteroatoms. The molecule has 1 N–H and O–H groups in total. The van der Waals surface area contributed by atoms with Gasteiger partial charge in [0, 0.05) is 5.56 Å². The van der Waals surface area contributed by atoms with Gasteiger partial charge in [-0.2, -0.15) is 0 Å². The predicted octanol–water partition coefficient (Wildman–Crippen LogP) is 3.00. The Balaban J connectivity index is 2.82. The van der Waals surface area contributed by atoms with Gasteiger partial charge in [0.25, 0.3) is 0 Å². The number of aliphatic hydroxyl groups is 1. The van der Waals surface area contributed by atoms with E-state index in [1.54, 1.807) is 6.92 Å². The molecule has 82 valence electrons. The smallest absolute Gasteiger partial charge is 0.125 e. The molecule has 0 aromatic heterocycles. The van der Waals surface area contributed by atoms with Crippen LogP contribution in [-0.2, 0) is 0 Å². The van der Waals surface area contributed by atoms with E-state index in [0.717, 1.165) is 23.3 Å². The average molecular weight is 206 g/mol. The van der Waals surface area contributed by atoms with Gasteiger partial charge in [-0.25, -0.2) is 0 Å². The summed E-state index contributed by atoms with van der Waals surface area (Å²) in [5.74, 6) is 0.770. The minimum atomic E-state index is -0.496. The van der Waals surface area contributed by atoms with E-state index < -0.39 is 6.10 Å². The molecule has 0 amide bonds. The Morgan fingerprint density at radius 2 is 2.27 bits per heavy atom. The highest BCUT2D eigenvalue weighted by atomic mass is 16.5. The first-order valence-electron chi connectivity index (χ1n) is 5.17. The number of benzene rings is 1. The maximum absolute atomic E-state index is 9.55. The van der Waals surface area contributed by atoms with Crippen molar-refractivity contribution in [3.63, 3.8) is 0 Å². The fraction of sp³-hybridized carbons (Fsp3) is 0.385. The highest BCUT2D eigenvalue weighted by Gasteiger charge is 2.08. The average Bonchev–Trinajstić information content (AvgIpc) is 2.18. The van der Waals surface area contributed by atoms with Crippen LogP contribution in [0, 0.1) is 6.92 Å². The van der Waals surface area contributed by atoms with Gasteiger partial charge in [-0.3, -0.25) is 0 Å². The third-order valence-electron chi connectivity index (χ3n) is 2.20. The van der Waals surface area contributed by atoms with Crippen molar-refractivity contribution >= 4 is 0 Å². The van der Waals surface area contributed by atoms with Gasteiger partial charge >= 0.3 is 0 Å². The molecule has 0 unspecified atom stereocenters. The maximum atomic E-state index is 9.55. The molecule has 1 aromatic carbocycles. The molecule has 0 aliphatic heterocycles. The quantitative estimate of drug-likeness (QED) is 0.592. The van der Waals surface area contributed by atoms with E-state index in [0.29, 0.717) is 6.61 Å². The van der Waals surface area contributed by atoms with Gasteiger partial charge in [0.15, 0.2) is 0 Å². The van der Waals surface area contributed by atoms with Crippen molar-refractivity contribution < 1.29 is 9.84 Å². The Labute approximate surface area is 91.2 Å². The molecule has 0 saturated heterocycles. The minimum Gasteiger partial charge on any atom is -0.493 e. The summed E-state index contributed by atoms with van der Waals surface area (Å²) in [6.45, 7) is 7.99. The van der Waals surface area contributed by atoms with E-state index in [1.165, 1.54) is 0 Å². The molecule has 0 bridgehead atoms. The zero-order valence-corrected chi connectivity index (χ0v) is 9.36. The first-order valence-corrected chi connectivity index (χ1v) is 5.17. The summed E-state index contributed by atoms with van der Waals surface area (Å²) in [5, 5.41) is 9.55. The van der Waals surface area contributed by atoms with Crippen molar-refractivity contribution in [1.82, 2.24) is 0 Å². The predicted molar refractivity (Wildman–Crippen MR) is 62.1 cm³/mol. The van der Waals surface area contributed by atoms with E-state index >= 15 is 0 Å². The molecule has 1 rings (SSSR count). The summed E-state index contributed by atoms with van der Waals surface area (Å²) in [6, 6.07) is 5.83. The summed E-state index contributed by atoms with van der Waals surface area (Å²) in [4.78, 5) is 0. The van der Waals surface area contributed by atoms with Crippen LogP contribution in [-0.4, -0.2) is 11.7 Å². The van der Waals surface area contributed by atoms with E-state index in [-0.39, 0.29) is 0 Å². The Kier molecular flexibility index (Phi) is 4.37. The van der Waals surface area contributed by atoms with Crippen LogP contribution in [0.5, 0.6) is 5.75 Å². The second kappa shape index (κ2) is 5.56. The van der Waals surface area contributed by atoms with Crippen molar-refractivity contribution in [3.8, 4) is 5.75 Å². The second-order valence-electron chi connectivity index (χ2n) is 3.64. The minimum absolute atomic E-state index is 0.496. The van der Waals surface area contributed by atoms with Gasteiger partial charge in [-0.05, 0) is 31.9 Å². The molecule has 0 aliphatic carbocycles. The topological polar surface area (TPSA) is 29.5 Å². The Morgan fingerprint density at radius 3 is 2.87 bits per heavy atom. The first kappa shape index (κ1) is 11.8. The normalized spacial score (nSPS) is 12.2. The molecule has 0 aliphatic rings. The zero-order valence-electron chi connectivity index (χ0n) is 9.36. The molecule has 0 radical (unpaired) electrons. The summed E-state index contributed by atoms with van der Waals surface area (Å²) in [5.41, 5.74) is 1.97. The monoisotopic (exact) mass is 206 g/mol. The second-order valence-corrected chi connectivity index (χ2v) is 3.64. The number of ether oxygens (including phenoxy) is 1.